The van der Waals surface area contributed by atoms with Crippen molar-refractivity contribution in [1.29, 1.82) is 0 Å². The highest BCUT2D eigenvalue weighted by Crippen LogP contribution is 2.35. The van der Waals surface area contributed by atoms with Gasteiger partial charge in [0.15, 0.2) is 0 Å². The van der Waals surface area contributed by atoms with Crippen LogP contribution in [0.1, 0.15) is 35.8 Å². The van der Waals surface area contributed by atoms with Gasteiger partial charge in [-0.3, -0.25) is 4.79 Å². The van der Waals surface area contributed by atoms with Crippen LogP contribution in [0, 0.1) is 18.7 Å². The van der Waals surface area contributed by atoms with Gasteiger partial charge in [0.25, 0.3) is 5.56 Å². The lowest BCUT2D eigenvalue weighted by Crippen LogP contribution is -2.38. The smallest absolute Gasteiger partial charge is 0.340 e. The molecule has 1 atom stereocenters. The number of aromatic nitrogens is 2. The third-order valence-electron chi connectivity index (χ3n) is 4.64. The maximum atomic E-state index is 14.4. The van der Waals surface area contributed by atoms with Crippen LogP contribution in [-0.4, -0.2) is 21.2 Å². The molecule has 0 aliphatic heterocycles. The van der Waals surface area contributed by atoms with Crippen molar-refractivity contribution in [3.05, 3.63) is 61.1 Å². The molecule has 0 saturated heterocycles. The Kier molecular flexibility index (Phi) is 4.75. The predicted octanol–water partition coefficient (Wildman–Crippen LogP) is 2.59. The molecule has 0 spiro atoms. The minimum Gasteiger partial charge on any atom is -0.459 e. The van der Waals surface area contributed by atoms with Gasteiger partial charge < -0.3 is 9.30 Å². The van der Waals surface area contributed by atoms with E-state index in [0.717, 1.165) is 25.0 Å². The molecule has 0 radical (unpaired) electrons. The molecule has 1 unspecified atom stereocenters. The van der Waals surface area contributed by atoms with E-state index in [1.165, 1.54) is 17.7 Å². The number of nitrogens with zero attached hydrogens (tertiary/aromatic N) is 2. The van der Waals surface area contributed by atoms with E-state index in [2.05, 4.69) is 0 Å². The van der Waals surface area contributed by atoms with Crippen molar-refractivity contribution in [3.63, 3.8) is 0 Å². The second kappa shape index (κ2) is 6.72. The van der Waals surface area contributed by atoms with E-state index in [1.54, 1.807) is 13.8 Å². The Hall–Kier alpha value is -2.41. The van der Waals surface area contributed by atoms with Crippen LogP contribution in [0.3, 0.4) is 0 Å². The topological polar surface area (TPSA) is 70.3 Å². The fraction of sp³-hybridized carbons (Fsp3) is 0.389. The average molecular weight is 381 g/mol. The molecule has 8 heteroatoms. The highest BCUT2D eigenvalue weighted by atomic mass is 35.5. The van der Waals surface area contributed by atoms with Gasteiger partial charge in [-0.15, -0.1) is 0 Å². The first-order valence-electron chi connectivity index (χ1n) is 8.20. The molecule has 1 saturated carbocycles. The number of ether oxygens (including phenoxy) is 1. The molecule has 1 aliphatic rings. The van der Waals surface area contributed by atoms with Gasteiger partial charge in [-0.25, -0.2) is 18.5 Å². The summed E-state index contributed by atoms with van der Waals surface area (Å²) in [6.07, 6.45) is 1.71. The first kappa shape index (κ1) is 18.4. The highest BCUT2D eigenvalue weighted by molar-refractivity contribution is 6.33. The van der Waals surface area contributed by atoms with Gasteiger partial charge in [0.1, 0.15) is 11.9 Å². The number of carbonyl (C=O) groups is 1. The third-order valence-corrected chi connectivity index (χ3v) is 4.95. The molecule has 138 valence electrons. The van der Waals surface area contributed by atoms with Crippen molar-refractivity contribution in [2.45, 2.75) is 32.8 Å². The van der Waals surface area contributed by atoms with Crippen LogP contribution in [0.2, 0.25) is 5.02 Å². The molecule has 6 nitrogen and oxygen atoms in total. The molecule has 1 heterocycles. The number of aryl methyl sites for hydroxylation is 1. The highest BCUT2D eigenvalue weighted by Gasteiger charge is 2.31. The maximum Gasteiger partial charge on any atom is 0.340 e. The van der Waals surface area contributed by atoms with Crippen LogP contribution >= 0.6 is 11.6 Å². The second-order valence-electron chi connectivity index (χ2n) is 6.53. The Morgan fingerprint density at radius 3 is 2.58 bits per heavy atom. The number of halogens is 2. The molecule has 1 aromatic carbocycles. The zero-order chi connectivity index (χ0) is 19.2. The zero-order valence-corrected chi connectivity index (χ0v) is 15.3. The fourth-order valence-corrected chi connectivity index (χ4v) is 2.94. The van der Waals surface area contributed by atoms with Gasteiger partial charge in [-0.05, 0) is 44.7 Å². The normalized spacial score (nSPS) is 15.0. The molecular formula is C18H18ClFN2O4. The Morgan fingerprint density at radius 1 is 1.31 bits per heavy atom. The Labute approximate surface area is 153 Å². The Balaban J connectivity index is 2.10. The standard InChI is InChI=1S/C18H18ClFN2O4/c1-9-6-16(23)22(18(25)21(9)3)15-7-12(13(19)8-14(15)20)17(24)26-10(2)11-4-5-11/h6-8,10-11H,4-5H2,1-3H3. The summed E-state index contributed by atoms with van der Waals surface area (Å²) in [5.74, 6) is -1.28. The number of hydrogen-bond donors (Lipinski definition) is 0. The van der Waals surface area contributed by atoms with Gasteiger partial charge in [0.2, 0.25) is 0 Å². The molecule has 0 bridgehead atoms. The lowest BCUT2D eigenvalue weighted by atomic mass is 10.1. The third kappa shape index (κ3) is 3.31. The summed E-state index contributed by atoms with van der Waals surface area (Å²) >= 11 is 5.99. The summed E-state index contributed by atoms with van der Waals surface area (Å²) in [6, 6.07) is 3.20. The van der Waals surface area contributed by atoms with Crippen LogP contribution in [0.15, 0.2) is 27.8 Å². The van der Waals surface area contributed by atoms with Crippen molar-refractivity contribution in [2.75, 3.05) is 0 Å². The largest absolute Gasteiger partial charge is 0.459 e. The predicted molar refractivity (Wildman–Crippen MR) is 94.6 cm³/mol. The van der Waals surface area contributed by atoms with E-state index in [0.29, 0.717) is 16.2 Å². The maximum absolute atomic E-state index is 14.4. The molecule has 3 rings (SSSR count). The molecule has 1 fully saturated rings. The summed E-state index contributed by atoms with van der Waals surface area (Å²) in [5.41, 5.74) is -1.42. The van der Waals surface area contributed by atoms with Crippen molar-refractivity contribution >= 4 is 17.6 Å². The molecule has 1 aliphatic carbocycles. The summed E-state index contributed by atoms with van der Waals surface area (Å²) in [5, 5.41) is -0.142. The van der Waals surface area contributed by atoms with Crippen molar-refractivity contribution in [2.24, 2.45) is 13.0 Å². The van der Waals surface area contributed by atoms with Crippen LogP contribution in [0.4, 0.5) is 4.39 Å². The first-order valence-corrected chi connectivity index (χ1v) is 8.58. The summed E-state index contributed by atoms with van der Waals surface area (Å²) in [7, 11) is 1.47. The fourth-order valence-electron chi connectivity index (χ4n) is 2.72. The quantitative estimate of drug-likeness (QED) is 0.764. The van der Waals surface area contributed by atoms with Crippen LogP contribution in [0.5, 0.6) is 0 Å². The van der Waals surface area contributed by atoms with Crippen LogP contribution < -0.4 is 11.2 Å². The SMILES string of the molecule is Cc1cc(=O)n(-c2cc(C(=O)OC(C)C3CC3)c(Cl)cc2F)c(=O)n1C. The average Bonchev–Trinajstić information content (AvgIpc) is 3.39. The summed E-state index contributed by atoms with van der Waals surface area (Å²) in [4.78, 5) is 37.0. The van der Waals surface area contributed by atoms with Crippen molar-refractivity contribution in [1.82, 2.24) is 9.13 Å². The van der Waals surface area contributed by atoms with E-state index in [-0.39, 0.29) is 22.4 Å². The van der Waals surface area contributed by atoms with Gasteiger partial charge in [-0.1, -0.05) is 11.6 Å². The summed E-state index contributed by atoms with van der Waals surface area (Å²) < 4.78 is 21.7. The number of esters is 1. The molecular weight excluding hydrogens is 363 g/mol. The zero-order valence-electron chi connectivity index (χ0n) is 14.6. The van der Waals surface area contributed by atoms with E-state index >= 15 is 0 Å². The van der Waals surface area contributed by atoms with Crippen molar-refractivity contribution in [3.8, 4) is 5.69 Å². The van der Waals surface area contributed by atoms with E-state index in [1.807, 2.05) is 0 Å². The van der Waals surface area contributed by atoms with E-state index in [9.17, 15) is 18.8 Å². The Morgan fingerprint density at radius 2 is 1.96 bits per heavy atom. The van der Waals surface area contributed by atoms with Crippen LogP contribution in [-0.2, 0) is 11.8 Å². The molecule has 0 N–H and O–H groups in total. The minimum absolute atomic E-state index is 0.0925. The van der Waals surface area contributed by atoms with Gasteiger partial charge >= 0.3 is 11.7 Å². The molecule has 26 heavy (non-hydrogen) atoms. The Bertz CT molecular complexity index is 1010. The number of carbonyl (C=O) groups excluding carboxylic acids is 1. The first-order chi connectivity index (χ1) is 12.2. The number of hydrogen-bond acceptors (Lipinski definition) is 4. The molecule has 2 aromatic rings. The van der Waals surface area contributed by atoms with Gasteiger partial charge in [0, 0.05) is 18.8 Å². The monoisotopic (exact) mass is 380 g/mol. The lowest BCUT2D eigenvalue weighted by Gasteiger charge is -2.15. The number of rotatable bonds is 4. The van der Waals surface area contributed by atoms with Crippen LogP contribution in [0.25, 0.3) is 5.69 Å². The van der Waals surface area contributed by atoms with Crippen molar-refractivity contribution < 1.29 is 13.9 Å². The molecule has 1 aromatic heterocycles. The second-order valence-corrected chi connectivity index (χ2v) is 6.94. The summed E-state index contributed by atoms with van der Waals surface area (Å²) in [6.45, 7) is 3.38. The lowest BCUT2D eigenvalue weighted by molar-refractivity contribution is 0.0295. The van der Waals surface area contributed by atoms with E-state index in [4.69, 9.17) is 16.3 Å². The molecule has 0 amide bonds. The van der Waals surface area contributed by atoms with Gasteiger partial charge in [0.05, 0.1) is 16.3 Å². The van der Waals surface area contributed by atoms with E-state index < -0.39 is 23.0 Å². The minimum atomic E-state index is -0.884. The number of benzene rings is 1. The van der Waals surface area contributed by atoms with Gasteiger partial charge in [-0.2, -0.15) is 0 Å².